The summed E-state index contributed by atoms with van der Waals surface area (Å²) >= 11 is 0. The Kier molecular flexibility index (Phi) is 7.32. The molecule has 0 atom stereocenters. The lowest BCUT2D eigenvalue weighted by atomic mass is 10.1. The van der Waals surface area contributed by atoms with Crippen molar-refractivity contribution in [1.29, 1.82) is 0 Å². The minimum absolute atomic E-state index is 0.232. The molecule has 0 radical (unpaired) electrons. The Bertz CT molecular complexity index is 335. The Labute approximate surface area is 119 Å². The molecule has 0 bridgehead atoms. The number of sulfonamides is 1. The first kappa shape index (κ1) is 16.9. The predicted molar refractivity (Wildman–Crippen MR) is 80.7 cm³/mol. The number of nitrogens with zero attached hydrogens (tertiary/aromatic N) is 1. The third-order valence-corrected chi connectivity index (χ3v) is 5.72. The standard InChI is InChI=1S/C14H30N2O2S/c1-4-15-10-12-19(17,18)16(11-9-13(2)3)14-7-5-6-8-14/h13-15H,4-12H2,1-3H3. The normalized spacial score (nSPS) is 17.7. The van der Waals surface area contributed by atoms with Crippen molar-refractivity contribution in [2.75, 3.05) is 25.4 Å². The fraction of sp³-hybridized carbons (Fsp3) is 1.00. The van der Waals surface area contributed by atoms with Gasteiger partial charge in [0.1, 0.15) is 0 Å². The van der Waals surface area contributed by atoms with E-state index >= 15 is 0 Å². The van der Waals surface area contributed by atoms with E-state index in [-0.39, 0.29) is 11.8 Å². The largest absolute Gasteiger partial charge is 0.316 e. The van der Waals surface area contributed by atoms with Crippen LogP contribution in [0.3, 0.4) is 0 Å². The van der Waals surface area contributed by atoms with Gasteiger partial charge in [0, 0.05) is 19.1 Å². The number of rotatable bonds is 9. The molecule has 1 aliphatic rings. The summed E-state index contributed by atoms with van der Waals surface area (Å²) in [6, 6.07) is 0.255. The van der Waals surface area contributed by atoms with Crippen LogP contribution in [0.5, 0.6) is 0 Å². The molecule has 1 rings (SSSR count). The Morgan fingerprint density at radius 3 is 2.42 bits per heavy atom. The first-order valence-corrected chi connectivity index (χ1v) is 9.28. The van der Waals surface area contributed by atoms with E-state index in [1.165, 1.54) is 12.8 Å². The molecule has 0 spiro atoms. The second-order valence-corrected chi connectivity index (χ2v) is 7.94. The molecule has 0 unspecified atom stereocenters. The average molecular weight is 290 g/mol. The van der Waals surface area contributed by atoms with E-state index in [1.54, 1.807) is 4.31 Å². The van der Waals surface area contributed by atoms with E-state index in [4.69, 9.17) is 0 Å². The highest BCUT2D eigenvalue weighted by molar-refractivity contribution is 7.89. The summed E-state index contributed by atoms with van der Waals surface area (Å²) in [4.78, 5) is 0. The van der Waals surface area contributed by atoms with Gasteiger partial charge in [-0.1, -0.05) is 33.6 Å². The highest BCUT2D eigenvalue weighted by Crippen LogP contribution is 2.26. The fourth-order valence-corrected chi connectivity index (χ4v) is 4.31. The molecule has 0 amide bonds. The second-order valence-electron chi connectivity index (χ2n) is 5.90. The summed E-state index contributed by atoms with van der Waals surface area (Å²) in [6.45, 7) is 8.38. The van der Waals surface area contributed by atoms with Gasteiger partial charge in [-0.05, 0) is 31.7 Å². The van der Waals surface area contributed by atoms with Gasteiger partial charge in [0.15, 0.2) is 0 Å². The summed E-state index contributed by atoms with van der Waals surface area (Å²) in [7, 11) is -3.10. The van der Waals surface area contributed by atoms with Crippen molar-refractivity contribution in [3.05, 3.63) is 0 Å². The lowest BCUT2D eigenvalue weighted by Gasteiger charge is -2.28. The summed E-state index contributed by atoms with van der Waals surface area (Å²) < 4.78 is 26.8. The maximum atomic E-state index is 12.5. The van der Waals surface area contributed by atoms with Crippen LogP contribution in [-0.2, 0) is 10.0 Å². The van der Waals surface area contributed by atoms with Crippen LogP contribution in [0.2, 0.25) is 0 Å². The van der Waals surface area contributed by atoms with Crippen LogP contribution in [0.1, 0.15) is 52.9 Å². The van der Waals surface area contributed by atoms with Crippen LogP contribution in [0, 0.1) is 5.92 Å². The van der Waals surface area contributed by atoms with Gasteiger partial charge in [0.2, 0.25) is 10.0 Å². The molecule has 1 N–H and O–H groups in total. The van der Waals surface area contributed by atoms with Crippen molar-refractivity contribution in [3.8, 4) is 0 Å². The van der Waals surface area contributed by atoms with Gasteiger partial charge in [-0.25, -0.2) is 8.42 Å². The van der Waals surface area contributed by atoms with Crippen LogP contribution in [0.25, 0.3) is 0 Å². The number of hydrogen-bond donors (Lipinski definition) is 1. The lowest BCUT2D eigenvalue weighted by molar-refractivity contribution is 0.304. The molecular weight excluding hydrogens is 260 g/mol. The van der Waals surface area contributed by atoms with Crippen LogP contribution in [0.4, 0.5) is 0 Å². The maximum absolute atomic E-state index is 12.5. The second kappa shape index (κ2) is 8.22. The number of hydrogen-bond acceptors (Lipinski definition) is 3. The van der Waals surface area contributed by atoms with Gasteiger partial charge in [0.05, 0.1) is 5.75 Å². The average Bonchev–Trinajstić information content (AvgIpc) is 2.82. The Hall–Kier alpha value is -0.130. The van der Waals surface area contributed by atoms with E-state index in [0.717, 1.165) is 25.8 Å². The quantitative estimate of drug-likeness (QED) is 0.662. The topological polar surface area (TPSA) is 49.4 Å². The lowest BCUT2D eigenvalue weighted by Crippen LogP contribution is -2.43. The molecule has 19 heavy (non-hydrogen) atoms. The zero-order chi connectivity index (χ0) is 14.3. The molecule has 0 aromatic heterocycles. The van der Waals surface area contributed by atoms with E-state index in [1.807, 2.05) is 6.92 Å². The monoisotopic (exact) mass is 290 g/mol. The Morgan fingerprint density at radius 2 is 1.89 bits per heavy atom. The molecule has 0 aromatic carbocycles. The molecule has 0 aromatic rings. The molecule has 4 nitrogen and oxygen atoms in total. The van der Waals surface area contributed by atoms with E-state index in [9.17, 15) is 8.42 Å². The predicted octanol–water partition coefficient (Wildman–Crippen LogP) is 2.22. The summed E-state index contributed by atoms with van der Waals surface area (Å²) in [5.41, 5.74) is 0. The van der Waals surface area contributed by atoms with Crippen LogP contribution in [-0.4, -0.2) is 44.2 Å². The highest BCUT2D eigenvalue weighted by atomic mass is 32.2. The molecule has 5 heteroatoms. The van der Waals surface area contributed by atoms with Gasteiger partial charge in [-0.2, -0.15) is 4.31 Å². The SMILES string of the molecule is CCNCCS(=O)(=O)N(CCC(C)C)C1CCCC1. The number of nitrogens with one attached hydrogen (secondary N) is 1. The molecule has 1 saturated carbocycles. The van der Waals surface area contributed by atoms with Gasteiger partial charge in [-0.3, -0.25) is 0 Å². The van der Waals surface area contributed by atoms with Gasteiger partial charge in [0.25, 0.3) is 0 Å². The van der Waals surface area contributed by atoms with Crippen molar-refractivity contribution in [3.63, 3.8) is 0 Å². The first-order chi connectivity index (χ1) is 8.97. The molecule has 1 fully saturated rings. The van der Waals surface area contributed by atoms with Gasteiger partial charge in [-0.15, -0.1) is 0 Å². The van der Waals surface area contributed by atoms with Crippen molar-refractivity contribution < 1.29 is 8.42 Å². The first-order valence-electron chi connectivity index (χ1n) is 7.67. The van der Waals surface area contributed by atoms with Crippen LogP contribution < -0.4 is 5.32 Å². The van der Waals surface area contributed by atoms with Crippen molar-refractivity contribution >= 4 is 10.0 Å². The summed E-state index contributed by atoms with van der Waals surface area (Å²) in [5.74, 6) is 0.781. The van der Waals surface area contributed by atoms with E-state index < -0.39 is 10.0 Å². The molecule has 114 valence electrons. The summed E-state index contributed by atoms with van der Waals surface area (Å²) in [6.07, 6.45) is 5.38. The van der Waals surface area contributed by atoms with Gasteiger partial charge < -0.3 is 5.32 Å². The smallest absolute Gasteiger partial charge is 0.215 e. The third-order valence-electron chi connectivity index (χ3n) is 3.80. The van der Waals surface area contributed by atoms with E-state index in [0.29, 0.717) is 19.0 Å². The molecule has 0 aliphatic heterocycles. The van der Waals surface area contributed by atoms with E-state index in [2.05, 4.69) is 19.2 Å². The van der Waals surface area contributed by atoms with Crippen molar-refractivity contribution in [1.82, 2.24) is 9.62 Å². The summed E-state index contributed by atoms with van der Waals surface area (Å²) in [5, 5.41) is 3.11. The van der Waals surface area contributed by atoms with Crippen molar-refractivity contribution in [2.45, 2.75) is 58.9 Å². The zero-order valence-corrected chi connectivity index (χ0v) is 13.5. The van der Waals surface area contributed by atoms with Crippen LogP contribution >= 0.6 is 0 Å². The highest BCUT2D eigenvalue weighted by Gasteiger charge is 2.31. The third kappa shape index (κ3) is 5.79. The Balaban J connectivity index is 2.64. The van der Waals surface area contributed by atoms with Crippen molar-refractivity contribution in [2.24, 2.45) is 5.92 Å². The molecule has 0 heterocycles. The minimum atomic E-state index is -3.10. The molecular formula is C14H30N2O2S. The molecule has 0 saturated heterocycles. The Morgan fingerprint density at radius 1 is 1.26 bits per heavy atom. The molecule has 1 aliphatic carbocycles. The van der Waals surface area contributed by atoms with Crippen LogP contribution in [0.15, 0.2) is 0 Å². The maximum Gasteiger partial charge on any atom is 0.215 e. The fourth-order valence-electron chi connectivity index (χ4n) is 2.62. The minimum Gasteiger partial charge on any atom is -0.316 e. The zero-order valence-electron chi connectivity index (χ0n) is 12.7. The van der Waals surface area contributed by atoms with Gasteiger partial charge >= 0.3 is 0 Å².